The maximum Gasteiger partial charge on any atom is 0.227 e. The molecule has 26 heavy (non-hydrogen) atoms. The van der Waals surface area contributed by atoms with Gasteiger partial charge < -0.3 is 19.4 Å². The average Bonchev–Trinajstić information content (AvgIpc) is 3.18. The molecule has 2 aliphatic heterocycles. The zero-order chi connectivity index (χ0) is 17.9. The molecule has 0 saturated carbocycles. The van der Waals surface area contributed by atoms with Gasteiger partial charge in [-0.05, 0) is 19.4 Å². The van der Waals surface area contributed by atoms with Crippen molar-refractivity contribution in [1.29, 1.82) is 0 Å². The molecule has 2 saturated heterocycles. The minimum absolute atomic E-state index is 0.392. The lowest BCUT2D eigenvalue weighted by atomic mass is 10.2. The molecule has 4 heterocycles. The first kappa shape index (κ1) is 17.0. The van der Waals surface area contributed by atoms with E-state index in [0.29, 0.717) is 6.04 Å². The van der Waals surface area contributed by atoms with E-state index >= 15 is 0 Å². The van der Waals surface area contributed by atoms with Crippen LogP contribution in [0.25, 0.3) is 0 Å². The van der Waals surface area contributed by atoms with Gasteiger partial charge in [0.05, 0.1) is 18.9 Å². The van der Waals surface area contributed by atoms with Crippen LogP contribution < -0.4 is 14.7 Å². The summed E-state index contributed by atoms with van der Waals surface area (Å²) >= 11 is 0. The van der Waals surface area contributed by atoms with Crippen molar-refractivity contribution in [1.82, 2.24) is 19.9 Å². The number of aromatic nitrogens is 4. The number of nitrogens with zero attached hydrogens (tertiary/aromatic N) is 7. The van der Waals surface area contributed by atoms with Crippen LogP contribution in [-0.2, 0) is 4.74 Å². The van der Waals surface area contributed by atoms with Crippen molar-refractivity contribution in [2.75, 3.05) is 61.1 Å². The lowest BCUT2D eigenvalue weighted by molar-refractivity contribution is 0.122. The van der Waals surface area contributed by atoms with E-state index in [9.17, 15) is 0 Å². The molecule has 2 aromatic rings. The van der Waals surface area contributed by atoms with E-state index in [4.69, 9.17) is 9.72 Å². The largest absolute Gasteiger partial charge is 0.378 e. The van der Waals surface area contributed by atoms with Crippen LogP contribution in [0.3, 0.4) is 0 Å². The number of rotatable bonds is 4. The Morgan fingerprint density at radius 3 is 2.65 bits per heavy atom. The van der Waals surface area contributed by atoms with Gasteiger partial charge in [0.2, 0.25) is 5.95 Å². The van der Waals surface area contributed by atoms with Crippen molar-refractivity contribution in [3.63, 3.8) is 0 Å². The van der Waals surface area contributed by atoms with Gasteiger partial charge in [-0.25, -0.2) is 9.97 Å². The molecule has 1 unspecified atom stereocenters. The molecule has 2 aliphatic rings. The third-order valence-corrected chi connectivity index (χ3v) is 5.15. The minimum atomic E-state index is 0.392. The standard InChI is InChI=1S/C18H25N7O/c1-14-17(20-7-6-19-14)25-8-4-15(13-25)23(2)16-3-5-21-18(22-16)24-9-11-26-12-10-24/h3,5-7,15H,4,8-13H2,1-2H3. The van der Waals surface area contributed by atoms with Gasteiger partial charge in [-0.2, -0.15) is 4.98 Å². The number of morpholine rings is 1. The van der Waals surface area contributed by atoms with Gasteiger partial charge in [-0.3, -0.25) is 4.98 Å². The highest BCUT2D eigenvalue weighted by molar-refractivity contribution is 5.48. The van der Waals surface area contributed by atoms with Crippen LogP contribution >= 0.6 is 0 Å². The normalized spacial score (nSPS) is 20.5. The quantitative estimate of drug-likeness (QED) is 0.808. The summed E-state index contributed by atoms with van der Waals surface area (Å²) in [5.41, 5.74) is 0.979. The molecule has 8 heteroatoms. The second-order valence-corrected chi connectivity index (χ2v) is 6.78. The summed E-state index contributed by atoms with van der Waals surface area (Å²) < 4.78 is 5.42. The highest BCUT2D eigenvalue weighted by Gasteiger charge is 2.28. The van der Waals surface area contributed by atoms with Crippen LogP contribution in [0.2, 0.25) is 0 Å². The Morgan fingerprint density at radius 1 is 1.04 bits per heavy atom. The van der Waals surface area contributed by atoms with E-state index in [0.717, 1.165) is 69.1 Å². The Balaban J connectivity index is 1.46. The SMILES string of the molecule is Cc1nccnc1N1CCC(N(C)c2ccnc(N3CCOCC3)n2)C1. The Labute approximate surface area is 153 Å². The van der Waals surface area contributed by atoms with E-state index in [1.54, 1.807) is 12.4 Å². The highest BCUT2D eigenvalue weighted by atomic mass is 16.5. The number of hydrogen-bond donors (Lipinski definition) is 0. The molecule has 2 aromatic heterocycles. The van der Waals surface area contributed by atoms with Crippen LogP contribution in [0, 0.1) is 6.92 Å². The molecular formula is C18H25N7O. The van der Waals surface area contributed by atoms with E-state index < -0.39 is 0 Å². The third kappa shape index (κ3) is 3.41. The molecule has 2 fully saturated rings. The van der Waals surface area contributed by atoms with Crippen molar-refractivity contribution >= 4 is 17.6 Å². The lowest BCUT2D eigenvalue weighted by Gasteiger charge is -2.29. The summed E-state index contributed by atoms with van der Waals surface area (Å²) in [5.74, 6) is 2.74. The molecule has 4 rings (SSSR count). The zero-order valence-corrected chi connectivity index (χ0v) is 15.4. The van der Waals surface area contributed by atoms with Gasteiger partial charge in [0.1, 0.15) is 11.6 Å². The molecule has 0 radical (unpaired) electrons. The topological polar surface area (TPSA) is 70.5 Å². The Kier molecular flexibility index (Phi) is 4.83. The highest BCUT2D eigenvalue weighted by Crippen LogP contribution is 2.25. The molecule has 0 spiro atoms. The molecule has 0 N–H and O–H groups in total. The second-order valence-electron chi connectivity index (χ2n) is 6.78. The van der Waals surface area contributed by atoms with Crippen molar-refractivity contribution in [2.45, 2.75) is 19.4 Å². The molecular weight excluding hydrogens is 330 g/mol. The molecule has 0 aliphatic carbocycles. The number of ether oxygens (including phenoxy) is 1. The Hall–Kier alpha value is -2.48. The monoisotopic (exact) mass is 355 g/mol. The van der Waals surface area contributed by atoms with E-state index in [1.165, 1.54) is 0 Å². The molecule has 8 nitrogen and oxygen atoms in total. The van der Waals surface area contributed by atoms with Crippen molar-refractivity contribution in [3.05, 3.63) is 30.4 Å². The fourth-order valence-electron chi connectivity index (χ4n) is 3.60. The van der Waals surface area contributed by atoms with Gasteiger partial charge in [0.15, 0.2) is 0 Å². The number of aryl methyl sites for hydroxylation is 1. The van der Waals surface area contributed by atoms with Crippen molar-refractivity contribution in [2.24, 2.45) is 0 Å². The first-order chi connectivity index (χ1) is 12.7. The van der Waals surface area contributed by atoms with Gasteiger partial charge in [-0.15, -0.1) is 0 Å². The van der Waals surface area contributed by atoms with Crippen LogP contribution in [-0.4, -0.2) is 72.4 Å². The van der Waals surface area contributed by atoms with Crippen LogP contribution in [0.15, 0.2) is 24.7 Å². The van der Waals surface area contributed by atoms with Crippen LogP contribution in [0.1, 0.15) is 12.1 Å². The molecule has 1 atom stereocenters. The summed E-state index contributed by atoms with van der Waals surface area (Å²) in [5, 5.41) is 0. The smallest absolute Gasteiger partial charge is 0.227 e. The maximum absolute atomic E-state index is 5.42. The van der Waals surface area contributed by atoms with E-state index in [2.05, 4.69) is 36.7 Å². The zero-order valence-electron chi connectivity index (χ0n) is 15.4. The second kappa shape index (κ2) is 7.41. The predicted octanol–water partition coefficient (Wildman–Crippen LogP) is 1.13. The Morgan fingerprint density at radius 2 is 1.85 bits per heavy atom. The van der Waals surface area contributed by atoms with Crippen molar-refractivity contribution in [3.8, 4) is 0 Å². The third-order valence-electron chi connectivity index (χ3n) is 5.15. The van der Waals surface area contributed by atoms with Crippen LogP contribution in [0.4, 0.5) is 17.6 Å². The molecule has 138 valence electrons. The lowest BCUT2D eigenvalue weighted by Crippen LogP contribution is -2.38. The number of anilines is 3. The maximum atomic E-state index is 5.42. The fraction of sp³-hybridized carbons (Fsp3) is 0.556. The first-order valence-electron chi connectivity index (χ1n) is 9.13. The summed E-state index contributed by atoms with van der Waals surface area (Å²) in [7, 11) is 2.11. The minimum Gasteiger partial charge on any atom is -0.378 e. The summed E-state index contributed by atoms with van der Waals surface area (Å²) in [6.07, 6.45) is 6.43. The molecule has 0 bridgehead atoms. The molecule has 0 amide bonds. The van der Waals surface area contributed by atoms with Gasteiger partial charge in [0.25, 0.3) is 0 Å². The van der Waals surface area contributed by atoms with E-state index in [1.807, 2.05) is 19.2 Å². The number of hydrogen-bond acceptors (Lipinski definition) is 8. The summed E-state index contributed by atoms with van der Waals surface area (Å²) in [6, 6.07) is 2.38. The van der Waals surface area contributed by atoms with Gasteiger partial charge in [0, 0.05) is 57.9 Å². The summed E-state index contributed by atoms with van der Waals surface area (Å²) in [6.45, 7) is 7.07. The molecule has 0 aromatic carbocycles. The van der Waals surface area contributed by atoms with E-state index in [-0.39, 0.29) is 0 Å². The van der Waals surface area contributed by atoms with Crippen molar-refractivity contribution < 1.29 is 4.74 Å². The average molecular weight is 355 g/mol. The fourth-order valence-corrected chi connectivity index (χ4v) is 3.60. The Bertz CT molecular complexity index is 750. The van der Waals surface area contributed by atoms with Gasteiger partial charge >= 0.3 is 0 Å². The van der Waals surface area contributed by atoms with Crippen LogP contribution in [0.5, 0.6) is 0 Å². The first-order valence-corrected chi connectivity index (χ1v) is 9.13. The predicted molar refractivity (Wildman–Crippen MR) is 101 cm³/mol. The van der Waals surface area contributed by atoms with Gasteiger partial charge in [-0.1, -0.05) is 0 Å². The summed E-state index contributed by atoms with van der Waals surface area (Å²) in [4.78, 5) is 24.9. The number of likely N-dealkylation sites (N-methyl/N-ethyl adjacent to an activating group) is 1.